The molecule has 3 fully saturated rings. The molecule has 3 heterocycles. The molecule has 216 valence electrons. The lowest BCUT2D eigenvalue weighted by Crippen LogP contribution is -2.41. The van der Waals surface area contributed by atoms with E-state index in [4.69, 9.17) is 9.47 Å². The first-order chi connectivity index (χ1) is 19.8. The molecule has 0 bridgehead atoms. The highest BCUT2D eigenvalue weighted by Gasteiger charge is 2.42. The number of sulfonamides is 1. The quantitative estimate of drug-likeness (QED) is 0.439. The van der Waals surface area contributed by atoms with Crippen molar-refractivity contribution in [3.8, 4) is 17.6 Å². The molecule has 3 aliphatic rings. The van der Waals surface area contributed by atoms with Gasteiger partial charge in [0.2, 0.25) is 10.0 Å². The van der Waals surface area contributed by atoms with Crippen LogP contribution in [-0.4, -0.2) is 48.5 Å². The fourth-order valence-corrected chi connectivity index (χ4v) is 7.85. The van der Waals surface area contributed by atoms with Gasteiger partial charge in [-0.2, -0.15) is 5.26 Å². The first kappa shape index (κ1) is 27.6. The average molecular weight is 582 g/mol. The summed E-state index contributed by atoms with van der Waals surface area (Å²) in [5, 5.41) is 12.9. The van der Waals surface area contributed by atoms with Crippen LogP contribution in [0.5, 0.6) is 11.5 Å². The summed E-state index contributed by atoms with van der Waals surface area (Å²) in [7, 11) is -3.77. The van der Waals surface area contributed by atoms with Crippen LogP contribution >= 0.6 is 0 Å². The molecule has 6 rings (SSSR count). The van der Waals surface area contributed by atoms with Crippen LogP contribution in [-0.2, 0) is 14.8 Å². The van der Waals surface area contributed by atoms with Gasteiger partial charge in [0.1, 0.15) is 17.4 Å². The topological polar surface area (TPSA) is 135 Å². The minimum absolute atomic E-state index is 0.0487. The fourth-order valence-electron chi connectivity index (χ4n) is 6.25. The molecule has 2 aliphatic heterocycles. The molecule has 1 saturated carbocycles. The number of nitrogens with one attached hydrogen (secondary N) is 2. The number of hydrogen-bond donors (Lipinski definition) is 2. The van der Waals surface area contributed by atoms with Crippen LogP contribution in [0.2, 0.25) is 0 Å². The van der Waals surface area contributed by atoms with E-state index in [1.54, 1.807) is 10.6 Å². The van der Waals surface area contributed by atoms with E-state index in [1.165, 1.54) is 24.5 Å². The molecule has 1 aliphatic carbocycles. The molecule has 0 radical (unpaired) electrons. The number of nitriles is 1. The van der Waals surface area contributed by atoms with E-state index in [9.17, 15) is 22.9 Å². The minimum atomic E-state index is -3.77. The normalized spacial score (nSPS) is 21.1. The van der Waals surface area contributed by atoms with E-state index < -0.39 is 26.8 Å². The minimum Gasteiger partial charge on any atom is -0.453 e. The third-order valence-electron chi connectivity index (χ3n) is 8.54. The van der Waals surface area contributed by atoms with E-state index in [-0.39, 0.29) is 39.6 Å². The monoisotopic (exact) mass is 581 g/mol. The lowest BCUT2D eigenvalue weighted by Gasteiger charge is -2.32. The number of aromatic nitrogens is 2. The molecule has 10 nitrogen and oxygen atoms in total. The number of halogens is 1. The van der Waals surface area contributed by atoms with Crippen molar-refractivity contribution < 1.29 is 22.3 Å². The molecular weight excluding hydrogens is 549 g/mol. The molecule has 3 aromatic rings. The smallest absolute Gasteiger partial charge is 0.261 e. The van der Waals surface area contributed by atoms with E-state index in [2.05, 4.69) is 15.0 Å². The van der Waals surface area contributed by atoms with E-state index in [0.717, 1.165) is 57.7 Å². The number of fused-ring (bicyclic) bond motifs is 1. The number of piperidine rings is 1. The largest absolute Gasteiger partial charge is 0.453 e. The Hall–Kier alpha value is -3.53. The lowest BCUT2D eigenvalue weighted by atomic mass is 9.88. The van der Waals surface area contributed by atoms with Crippen LogP contribution in [0.1, 0.15) is 63.0 Å². The summed E-state index contributed by atoms with van der Waals surface area (Å²) in [4.78, 5) is 18.0. The summed E-state index contributed by atoms with van der Waals surface area (Å²) >= 11 is 0. The summed E-state index contributed by atoms with van der Waals surface area (Å²) < 4.78 is 57.0. The van der Waals surface area contributed by atoms with E-state index in [0.29, 0.717) is 25.0 Å². The highest BCUT2D eigenvalue weighted by atomic mass is 32.2. The average Bonchev–Trinajstić information content (AvgIpc) is 3.38. The lowest BCUT2D eigenvalue weighted by molar-refractivity contribution is -0.0196. The number of nitrogens with zero attached hydrogens (tertiary/aromatic N) is 3. The summed E-state index contributed by atoms with van der Waals surface area (Å²) in [6, 6.07) is 8.60. The number of rotatable bonds is 6. The maximum absolute atomic E-state index is 15.0. The van der Waals surface area contributed by atoms with Crippen molar-refractivity contribution in [2.24, 2.45) is 0 Å². The van der Waals surface area contributed by atoms with E-state index >= 15 is 0 Å². The number of ether oxygens (including phenoxy) is 2. The third kappa shape index (κ3) is 5.41. The Balaban J connectivity index is 1.29. The zero-order valence-electron chi connectivity index (χ0n) is 22.6. The molecule has 12 heteroatoms. The van der Waals surface area contributed by atoms with Gasteiger partial charge in [-0.25, -0.2) is 17.8 Å². The van der Waals surface area contributed by atoms with Crippen molar-refractivity contribution >= 4 is 26.6 Å². The highest BCUT2D eigenvalue weighted by Crippen LogP contribution is 2.39. The Morgan fingerprint density at radius 2 is 1.95 bits per heavy atom. The molecule has 41 heavy (non-hydrogen) atoms. The first-order valence-corrected chi connectivity index (χ1v) is 15.6. The molecule has 1 spiro atoms. The molecular formula is C29H32FN5O5S. The Kier molecular flexibility index (Phi) is 7.44. The van der Waals surface area contributed by atoms with Crippen molar-refractivity contribution in [3.05, 3.63) is 58.4 Å². The molecule has 0 amide bonds. The Bertz CT molecular complexity index is 1670. The van der Waals surface area contributed by atoms with Crippen molar-refractivity contribution in [1.29, 1.82) is 5.26 Å². The molecule has 2 aromatic carbocycles. The van der Waals surface area contributed by atoms with Gasteiger partial charge in [0, 0.05) is 0 Å². The van der Waals surface area contributed by atoms with Gasteiger partial charge in [0.25, 0.3) is 5.56 Å². The molecule has 1 unspecified atom stereocenters. The van der Waals surface area contributed by atoms with Gasteiger partial charge in [-0.15, -0.1) is 0 Å². The molecule has 2 N–H and O–H groups in total. The second-order valence-electron chi connectivity index (χ2n) is 11.2. The SMILES string of the molecule is N#Cc1c(NS(=O)(=O)C2CCCCC2)ccc(F)c1Oc1ccc2ncn(C3COC4(CCNCC4)C3)c(=O)c2c1. The maximum atomic E-state index is 15.0. The number of benzene rings is 2. The highest BCUT2D eigenvalue weighted by molar-refractivity contribution is 7.93. The standard InChI is InChI=1S/C29H32FN5O5S/c30-24-7-9-26(34-41(37,38)21-4-2-1-3-5-21)23(16-31)27(24)40-20-6-8-25-22(14-20)28(36)35(18-33-25)19-15-29(39-17-19)10-12-32-13-11-29/h6-9,14,18-19,21,32,34H,1-5,10-13,15,17H2. The summed E-state index contributed by atoms with van der Waals surface area (Å²) in [5.74, 6) is -1.13. The van der Waals surface area contributed by atoms with Crippen LogP contribution < -0.4 is 20.3 Å². The second-order valence-corrected chi connectivity index (χ2v) is 13.1. The van der Waals surface area contributed by atoms with Crippen LogP contribution in [0.4, 0.5) is 10.1 Å². The Morgan fingerprint density at radius 1 is 1.17 bits per heavy atom. The first-order valence-electron chi connectivity index (χ1n) is 14.1. The Morgan fingerprint density at radius 3 is 2.71 bits per heavy atom. The van der Waals surface area contributed by atoms with Gasteiger partial charge < -0.3 is 14.8 Å². The third-order valence-corrected chi connectivity index (χ3v) is 10.4. The summed E-state index contributed by atoms with van der Waals surface area (Å²) in [6.07, 6.45) is 7.74. The predicted molar refractivity (Wildman–Crippen MR) is 151 cm³/mol. The molecule has 1 atom stereocenters. The van der Waals surface area contributed by atoms with Crippen LogP contribution in [0.25, 0.3) is 10.9 Å². The van der Waals surface area contributed by atoms with Crippen molar-refractivity contribution in [2.45, 2.75) is 68.3 Å². The van der Waals surface area contributed by atoms with Gasteiger partial charge in [0.15, 0.2) is 11.6 Å². The fraction of sp³-hybridized carbons (Fsp3) is 0.483. The van der Waals surface area contributed by atoms with Crippen molar-refractivity contribution in [3.63, 3.8) is 0 Å². The van der Waals surface area contributed by atoms with Gasteiger partial charge in [-0.05, 0) is 75.5 Å². The zero-order chi connectivity index (χ0) is 28.6. The zero-order valence-corrected chi connectivity index (χ0v) is 23.4. The van der Waals surface area contributed by atoms with E-state index in [1.807, 2.05) is 6.07 Å². The number of hydrogen-bond acceptors (Lipinski definition) is 8. The predicted octanol–water partition coefficient (Wildman–Crippen LogP) is 4.36. The summed E-state index contributed by atoms with van der Waals surface area (Å²) in [6.45, 7) is 2.18. The van der Waals surface area contributed by atoms with Crippen LogP contribution in [0, 0.1) is 17.1 Å². The van der Waals surface area contributed by atoms with Crippen molar-refractivity contribution in [2.75, 3.05) is 24.4 Å². The second kappa shape index (κ2) is 11.0. The van der Waals surface area contributed by atoms with Crippen LogP contribution in [0.3, 0.4) is 0 Å². The van der Waals surface area contributed by atoms with Crippen LogP contribution in [0.15, 0.2) is 41.5 Å². The summed E-state index contributed by atoms with van der Waals surface area (Å²) in [5.41, 5.74) is -0.376. The number of anilines is 1. The molecule has 2 saturated heterocycles. The van der Waals surface area contributed by atoms with Gasteiger partial charge in [-0.3, -0.25) is 14.1 Å². The maximum Gasteiger partial charge on any atom is 0.261 e. The van der Waals surface area contributed by atoms with Gasteiger partial charge in [0.05, 0.1) is 46.4 Å². The van der Waals surface area contributed by atoms with Crippen molar-refractivity contribution in [1.82, 2.24) is 14.9 Å². The Labute approximate surface area is 237 Å². The van der Waals surface area contributed by atoms with Gasteiger partial charge >= 0.3 is 0 Å². The molecule has 1 aromatic heterocycles. The van der Waals surface area contributed by atoms with Gasteiger partial charge in [-0.1, -0.05) is 19.3 Å².